The van der Waals surface area contributed by atoms with Gasteiger partial charge in [0.15, 0.2) is 0 Å². The maximum atomic E-state index is 11.4. The van der Waals surface area contributed by atoms with Crippen LogP contribution in [0.5, 0.6) is 5.88 Å². The third kappa shape index (κ3) is 4.35. The molecule has 2 aromatic rings. The summed E-state index contributed by atoms with van der Waals surface area (Å²) < 4.78 is 6.48. The van der Waals surface area contributed by atoms with Crippen LogP contribution in [0.15, 0.2) is 6.33 Å². The van der Waals surface area contributed by atoms with Crippen LogP contribution in [0.4, 0.5) is 0 Å². The van der Waals surface area contributed by atoms with E-state index >= 15 is 0 Å². The zero-order valence-corrected chi connectivity index (χ0v) is 19.5. The minimum absolute atomic E-state index is 0.0857. The van der Waals surface area contributed by atoms with Crippen LogP contribution in [0, 0.1) is 0 Å². The third-order valence-electron chi connectivity index (χ3n) is 7.51. The molecule has 3 heterocycles. The molecule has 9 heteroatoms. The van der Waals surface area contributed by atoms with Crippen molar-refractivity contribution in [3.05, 3.63) is 16.8 Å². The van der Waals surface area contributed by atoms with Crippen molar-refractivity contribution in [3.8, 4) is 5.88 Å². The number of hydrogen-bond donors (Lipinski definition) is 2. The van der Waals surface area contributed by atoms with Gasteiger partial charge in [-0.05, 0) is 63.5 Å². The Morgan fingerprint density at radius 1 is 1.22 bits per heavy atom. The Kier molecular flexibility index (Phi) is 6.33. The number of nitrogens with zero attached hydrogens (tertiary/aromatic N) is 4. The Balaban J connectivity index is 1.29. The molecular formula is C23H33N5O3S. The molecule has 8 nitrogen and oxygen atoms in total. The van der Waals surface area contributed by atoms with E-state index in [1.54, 1.807) is 17.7 Å². The van der Waals surface area contributed by atoms with Crippen LogP contribution in [0.2, 0.25) is 0 Å². The van der Waals surface area contributed by atoms with E-state index in [4.69, 9.17) is 10.5 Å². The molecule has 1 aliphatic heterocycles. The molecule has 1 saturated carbocycles. The Morgan fingerprint density at radius 2 is 1.97 bits per heavy atom. The summed E-state index contributed by atoms with van der Waals surface area (Å²) >= 11 is 1.68. The van der Waals surface area contributed by atoms with Gasteiger partial charge in [0.25, 0.3) is 0 Å². The molecule has 32 heavy (non-hydrogen) atoms. The molecule has 0 aromatic carbocycles. The normalized spacial score (nSPS) is 28.0. The SMILES string of the molecule is CN1CCN(C2CCC(Oc3ncnc4sc5c(c34)[C@@H](C[C@@H](O)C(N)=O)CC5)CC2)CC1. The maximum absolute atomic E-state index is 11.4. The van der Waals surface area contributed by atoms with Crippen LogP contribution in [-0.4, -0.2) is 82.3 Å². The zero-order valence-electron chi connectivity index (χ0n) is 18.7. The average Bonchev–Trinajstić information content (AvgIpc) is 3.35. The molecule has 5 rings (SSSR count). The van der Waals surface area contributed by atoms with Crippen LogP contribution < -0.4 is 10.5 Å². The topological polar surface area (TPSA) is 105 Å². The van der Waals surface area contributed by atoms with Crippen LogP contribution in [0.25, 0.3) is 10.2 Å². The summed E-state index contributed by atoms with van der Waals surface area (Å²) in [5.41, 5.74) is 6.47. The van der Waals surface area contributed by atoms with Gasteiger partial charge in [-0.2, -0.15) is 0 Å². The van der Waals surface area contributed by atoms with Crippen molar-refractivity contribution in [2.45, 2.75) is 69.1 Å². The number of piperazine rings is 1. The Morgan fingerprint density at radius 3 is 2.69 bits per heavy atom. The largest absolute Gasteiger partial charge is 0.474 e. The van der Waals surface area contributed by atoms with E-state index in [9.17, 15) is 9.90 Å². The molecule has 0 spiro atoms. The number of nitrogens with two attached hydrogens (primary N) is 1. The average molecular weight is 460 g/mol. The molecule has 2 atom stereocenters. The minimum Gasteiger partial charge on any atom is -0.474 e. The number of aliphatic hydroxyl groups is 1. The first-order valence-electron chi connectivity index (χ1n) is 11.8. The summed E-state index contributed by atoms with van der Waals surface area (Å²) in [5.74, 6) is 0.0846. The van der Waals surface area contributed by atoms with Gasteiger partial charge in [0.1, 0.15) is 23.4 Å². The highest BCUT2D eigenvalue weighted by molar-refractivity contribution is 7.19. The van der Waals surface area contributed by atoms with E-state index in [0.717, 1.165) is 67.4 Å². The van der Waals surface area contributed by atoms with Gasteiger partial charge < -0.3 is 20.5 Å². The van der Waals surface area contributed by atoms with Crippen molar-refractivity contribution in [1.29, 1.82) is 0 Å². The number of hydrogen-bond acceptors (Lipinski definition) is 8. The fraction of sp³-hybridized carbons (Fsp3) is 0.696. The van der Waals surface area contributed by atoms with Gasteiger partial charge in [0.05, 0.1) is 5.39 Å². The predicted molar refractivity (Wildman–Crippen MR) is 124 cm³/mol. The van der Waals surface area contributed by atoms with E-state index < -0.39 is 12.0 Å². The fourth-order valence-electron chi connectivity index (χ4n) is 5.62. The minimum atomic E-state index is -1.13. The highest BCUT2D eigenvalue weighted by Gasteiger charge is 2.34. The molecule has 2 fully saturated rings. The monoisotopic (exact) mass is 459 g/mol. The summed E-state index contributed by atoms with van der Waals surface area (Å²) in [7, 11) is 2.20. The van der Waals surface area contributed by atoms with Gasteiger partial charge in [-0.15, -0.1) is 11.3 Å². The molecule has 0 bridgehead atoms. The second kappa shape index (κ2) is 9.21. The number of aliphatic hydroxyl groups excluding tert-OH is 1. The van der Waals surface area contributed by atoms with Gasteiger partial charge in [-0.25, -0.2) is 9.97 Å². The summed E-state index contributed by atoms with van der Waals surface area (Å²) in [6.07, 6.45) is 7.23. The molecule has 0 radical (unpaired) electrons. The zero-order chi connectivity index (χ0) is 22.2. The van der Waals surface area contributed by atoms with Gasteiger partial charge in [0.2, 0.25) is 11.8 Å². The van der Waals surface area contributed by atoms with Gasteiger partial charge in [-0.3, -0.25) is 9.69 Å². The van der Waals surface area contributed by atoms with Crippen molar-refractivity contribution < 1.29 is 14.6 Å². The van der Waals surface area contributed by atoms with Crippen molar-refractivity contribution >= 4 is 27.5 Å². The van der Waals surface area contributed by atoms with Crippen molar-refractivity contribution in [2.75, 3.05) is 33.2 Å². The number of likely N-dealkylation sites (N-methyl/N-ethyl adjacent to an activating group) is 1. The lowest BCUT2D eigenvalue weighted by Crippen LogP contribution is -2.50. The molecule has 0 unspecified atom stereocenters. The summed E-state index contributed by atoms with van der Waals surface area (Å²) in [4.78, 5) is 27.7. The summed E-state index contributed by atoms with van der Waals surface area (Å²) in [6, 6.07) is 0.666. The lowest BCUT2D eigenvalue weighted by atomic mass is 9.91. The van der Waals surface area contributed by atoms with E-state index in [-0.39, 0.29) is 12.0 Å². The molecule has 174 valence electrons. The molecule has 2 aromatic heterocycles. The summed E-state index contributed by atoms with van der Waals surface area (Å²) in [5, 5.41) is 11.0. The first-order chi connectivity index (χ1) is 15.5. The maximum Gasteiger partial charge on any atom is 0.246 e. The number of amides is 1. The van der Waals surface area contributed by atoms with Gasteiger partial charge in [-0.1, -0.05) is 0 Å². The van der Waals surface area contributed by atoms with Crippen LogP contribution in [0.1, 0.15) is 54.9 Å². The Bertz CT molecular complexity index is 966. The first kappa shape index (κ1) is 22.0. The van der Waals surface area contributed by atoms with E-state index in [2.05, 4.69) is 26.8 Å². The molecule has 3 N–H and O–H groups in total. The second-order valence-corrected chi connectivity index (χ2v) is 10.7. The van der Waals surface area contributed by atoms with Crippen LogP contribution in [0.3, 0.4) is 0 Å². The van der Waals surface area contributed by atoms with E-state index in [0.29, 0.717) is 18.3 Å². The summed E-state index contributed by atoms with van der Waals surface area (Å²) in [6.45, 7) is 4.64. The third-order valence-corrected chi connectivity index (χ3v) is 8.68. The number of aromatic nitrogens is 2. The lowest BCUT2D eigenvalue weighted by molar-refractivity contribution is -0.126. The lowest BCUT2D eigenvalue weighted by Gasteiger charge is -2.41. The number of rotatable bonds is 6. The van der Waals surface area contributed by atoms with Crippen molar-refractivity contribution in [3.63, 3.8) is 0 Å². The molecule has 1 amide bonds. The van der Waals surface area contributed by atoms with Crippen LogP contribution in [-0.2, 0) is 11.2 Å². The number of aryl methyl sites for hydroxylation is 1. The number of carbonyl (C=O) groups excluding carboxylic acids is 1. The number of fused-ring (bicyclic) bond motifs is 3. The van der Waals surface area contributed by atoms with E-state index in [1.165, 1.54) is 18.0 Å². The quantitative estimate of drug-likeness (QED) is 0.680. The fourth-order valence-corrected chi connectivity index (χ4v) is 6.86. The van der Waals surface area contributed by atoms with Crippen molar-refractivity contribution in [1.82, 2.24) is 19.8 Å². The number of carbonyl (C=O) groups is 1. The molecule has 2 aliphatic carbocycles. The smallest absolute Gasteiger partial charge is 0.246 e. The Hall–Kier alpha value is -1.81. The van der Waals surface area contributed by atoms with Gasteiger partial charge >= 0.3 is 0 Å². The van der Waals surface area contributed by atoms with Crippen LogP contribution >= 0.6 is 11.3 Å². The number of primary amides is 1. The predicted octanol–water partition coefficient (Wildman–Crippen LogP) is 1.89. The number of ether oxygens (including phenoxy) is 1. The van der Waals surface area contributed by atoms with E-state index in [1.807, 2.05) is 0 Å². The Labute approximate surface area is 192 Å². The second-order valence-electron chi connectivity index (χ2n) is 9.57. The molecular weight excluding hydrogens is 426 g/mol. The highest BCUT2D eigenvalue weighted by atomic mass is 32.1. The molecule has 3 aliphatic rings. The highest BCUT2D eigenvalue weighted by Crippen LogP contribution is 2.47. The first-order valence-corrected chi connectivity index (χ1v) is 12.6. The molecule has 1 saturated heterocycles. The van der Waals surface area contributed by atoms with Gasteiger partial charge in [0, 0.05) is 37.1 Å². The number of thiophene rings is 1. The standard InChI is InChI=1S/C23H33N5O3S/c1-27-8-10-28(11-9-27)15-3-5-16(6-4-15)31-22-20-19-14(12-17(29)21(24)30)2-7-18(19)32-23(20)26-13-25-22/h13-17,29H,2-12H2,1H3,(H2,24,30)/t14-,15?,16?,17-/m1/s1. The van der Waals surface area contributed by atoms with Crippen molar-refractivity contribution in [2.24, 2.45) is 5.73 Å².